The Morgan fingerprint density at radius 3 is 2.73 bits per heavy atom. The minimum Gasteiger partial charge on any atom is -0.389 e. The Kier molecular flexibility index (Phi) is 6.79. The molecule has 4 aliphatic rings. The van der Waals surface area contributed by atoms with E-state index in [-0.39, 0.29) is 6.04 Å². The second-order valence-corrected chi connectivity index (χ2v) is 15.3. The zero-order valence-corrected chi connectivity index (χ0v) is 27.3. The maximum atomic E-state index is 11.1. The van der Waals surface area contributed by atoms with Crippen LogP contribution in [-0.4, -0.2) is 68.0 Å². The van der Waals surface area contributed by atoms with Crippen LogP contribution in [0.5, 0.6) is 0 Å². The van der Waals surface area contributed by atoms with Gasteiger partial charge in [0.15, 0.2) is 17.3 Å². The molecule has 3 N–H and O–H groups in total. The molecule has 2 saturated heterocycles. The quantitative estimate of drug-likeness (QED) is 0.298. The molecule has 4 aromatic heterocycles. The number of fused-ring (bicyclic) bond motifs is 5. The second kappa shape index (κ2) is 10.5. The van der Waals surface area contributed by atoms with Gasteiger partial charge >= 0.3 is 0 Å². The number of hydrogen-bond donors (Lipinski definition) is 2. The van der Waals surface area contributed by atoms with Crippen molar-refractivity contribution in [3.8, 4) is 17.6 Å². The highest BCUT2D eigenvalue weighted by atomic mass is 32.1. The Hall–Kier alpha value is -3.46. The summed E-state index contributed by atoms with van der Waals surface area (Å²) in [4.78, 5) is 16.4. The number of thiophene rings is 1. The second-order valence-electron chi connectivity index (χ2n) is 14.2. The van der Waals surface area contributed by atoms with Gasteiger partial charge in [-0.15, -0.1) is 11.3 Å². The van der Waals surface area contributed by atoms with Crippen LogP contribution in [0, 0.1) is 11.3 Å². The van der Waals surface area contributed by atoms with Gasteiger partial charge < -0.3 is 29.7 Å². The molecule has 0 bridgehead atoms. The highest BCUT2D eigenvalue weighted by Crippen LogP contribution is 2.55. The Morgan fingerprint density at radius 1 is 1.16 bits per heavy atom. The van der Waals surface area contributed by atoms with Crippen LogP contribution >= 0.6 is 11.3 Å². The van der Waals surface area contributed by atoms with Crippen LogP contribution in [0.3, 0.4) is 0 Å². The maximum Gasteiger partial charge on any atom is 0.186 e. The van der Waals surface area contributed by atoms with Gasteiger partial charge in [-0.3, -0.25) is 0 Å². The van der Waals surface area contributed by atoms with Gasteiger partial charge in [0.1, 0.15) is 22.5 Å². The smallest absolute Gasteiger partial charge is 0.186 e. The number of likely N-dealkylation sites (N-methyl/N-ethyl adjacent to an activating group) is 1. The lowest BCUT2D eigenvalue weighted by molar-refractivity contribution is 0.0448. The molecule has 4 aromatic rings. The van der Waals surface area contributed by atoms with Gasteiger partial charge in [-0.05, 0) is 103 Å². The van der Waals surface area contributed by atoms with Gasteiger partial charge in [0.05, 0.1) is 22.0 Å². The van der Waals surface area contributed by atoms with Crippen molar-refractivity contribution in [3.05, 3.63) is 39.6 Å². The van der Waals surface area contributed by atoms with Crippen molar-refractivity contribution in [2.24, 2.45) is 0 Å². The Balaban J connectivity index is 1.30. The lowest BCUT2D eigenvalue weighted by Crippen LogP contribution is -2.46. The van der Waals surface area contributed by atoms with Gasteiger partial charge in [0, 0.05) is 41.8 Å². The van der Waals surface area contributed by atoms with Gasteiger partial charge in [0.25, 0.3) is 0 Å². The summed E-state index contributed by atoms with van der Waals surface area (Å²) in [5, 5.41) is 27.5. The number of β-amino-alcohol motifs (C(OH)–C–C–N with tert-alkyl or cyclic N) is 1. The van der Waals surface area contributed by atoms with E-state index in [9.17, 15) is 10.4 Å². The third kappa shape index (κ3) is 4.43. The number of aromatic nitrogens is 4. The average Bonchev–Trinajstić information content (AvgIpc) is 3.81. The average molecular weight is 627 g/mol. The molecule has 2 fully saturated rings. The molecule has 10 nitrogen and oxygen atoms in total. The molecule has 45 heavy (non-hydrogen) atoms. The van der Waals surface area contributed by atoms with Crippen molar-refractivity contribution < 1.29 is 9.63 Å². The third-order valence-electron chi connectivity index (χ3n) is 11.2. The summed E-state index contributed by atoms with van der Waals surface area (Å²) in [6.07, 6.45) is 11.8. The normalized spacial score (nSPS) is 27.5. The SMILES string of the molecule is C[C@@H]([C@@H]1CCCN1C)n1ccc2c(N3CCC[C@@](C)(O)C3)nc(-c3noc4c3CCC[C@@]43CCCc4sc(N)c(C#N)c43)nc21. The minimum absolute atomic E-state index is 0.235. The summed E-state index contributed by atoms with van der Waals surface area (Å²) in [7, 11) is 2.22. The number of likely N-dealkylation sites (tertiary alicyclic amines) is 1. The first kappa shape index (κ1) is 29.0. The fourth-order valence-corrected chi connectivity index (χ4v) is 10.2. The third-order valence-corrected chi connectivity index (χ3v) is 12.2. The van der Waals surface area contributed by atoms with Crippen molar-refractivity contribution >= 4 is 33.2 Å². The molecule has 8 rings (SSSR count). The maximum absolute atomic E-state index is 11.1. The van der Waals surface area contributed by atoms with Crippen LogP contribution < -0.4 is 10.6 Å². The van der Waals surface area contributed by atoms with Crippen LogP contribution in [0.2, 0.25) is 0 Å². The van der Waals surface area contributed by atoms with Crippen molar-refractivity contribution in [1.82, 2.24) is 24.6 Å². The van der Waals surface area contributed by atoms with E-state index in [2.05, 4.69) is 46.7 Å². The van der Waals surface area contributed by atoms with Crippen molar-refractivity contribution in [1.29, 1.82) is 5.26 Å². The molecule has 4 atom stereocenters. The first-order chi connectivity index (χ1) is 21.7. The monoisotopic (exact) mass is 626 g/mol. The predicted octanol–water partition coefficient (Wildman–Crippen LogP) is 5.57. The molecule has 0 radical (unpaired) electrons. The predicted molar refractivity (Wildman–Crippen MR) is 176 cm³/mol. The molecule has 2 aliphatic carbocycles. The summed E-state index contributed by atoms with van der Waals surface area (Å²) in [6, 6.07) is 5.24. The van der Waals surface area contributed by atoms with Gasteiger partial charge in [-0.25, -0.2) is 9.97 Å². The van der Waals surface area contributed by atoms with Gasteiger partial charge in [0.2, 0.25) is 0 Å². The zero-order chi connectivity index (χ0) is 31.1. The molecule has 236 valence electrons. The molecule has 1 spiro atoms. The number of rotatable bonds is 4. The molecule has 2 aliphatic heterocycles. The largest absolute Gasteiger partial charge is 0.389 e. The number of aliphatic hydroxyl groups is 1. The highest BCUT2D eigenvalue weighted by molar-refractivity contribution is 7.16. The number of piperidine rings is 1. The summed E-state index contributed by atoms with van der Waals surface area (Å²) < 4.78 is 8.66. The van der Waals surface area contributed by atoms with Gasteiger partial charge in [-0.1, -0.05) is 5.16 Å². The van der Waals surface area contributed by atoms with E-state index in [0.717, 1.165) is 105 Å². The fraction of sp³-hybridized carbons (Fsp3) is 0.588. The standard InChI is InChI=1S/C34H42N8O2S/c1-20(24-9-6-15-40(24)3)42-17-11-22-31(41-16-7-12-33(2,43)19-41)37-30(38-32(22)42)27-21-8-4-13-34(28(21)44-39-27)14-5-10-25-26(34)23(18-35)29(36)45-25/h11,17,20,24,43H,4-10,12-16,19,36H2,1-3H3/t20-,24-,33+,34-/m0/s1. The summed E-state index contributed by atoms with van der Waals surface area (Å²) in [5.74, 6) is 2.28. The number of hydrogen-bond acceptors (Lipinski definition) is 10. The van der Waals surface area contributed by atoms with E-state index in [1.165, 1.54) is 11.3 Å². The van der Waals surface area contributed by atoms with E-state index in [4.69, 9.17) is 25.4 Å². The highest BCUT2D eigenvalue weighted by Gasteiger charge is 2.49. The Bertz CT molecular complexity index is 1830. The number of nitrogens with zero attached hydrogens (tertiary/aromatic N) is 7. The molecule has 0 saturated carbocycles. The molecular weight excluding hydrogens is 584 g/mol. The van der Waals surface area contributed by atoms with E-state index >= 15 is 0 Å². The van der Waals surface area contributed by atoms with Crippen LogP contribution in [0.4, 0.5) is 10.8 Å². The molecule has 0 amide bonds. The van der Waals surface area contributed by atoms with Crippen molar-refractivity contribution in [3.63, 3.8) is 0 Å². The fourth-order valence-electron chi connectivity index (χ4n) is 9.04. The minimum atomic E-state index is -0.781. The number of nitriles is 1. The lowest BCUT2D eigenvalue weighted by Gasteiger charge is -2.39. The number of nitrogens with two attached hydrogens (primary N) is 1. The van der Waals surface area contributed by atoms with Gasteiger partial charge in [-0.2, -0.15) is 5.26 Å². The molecule has 0 aromatic carbocycles. The van der Waals surface area contributed by atoms with E-state index in [0.29, 0.717) is 34.7 Å². The number of nitrogen functional groups attached to an aromatic ring is 1. The van der Waals surface area contributed by atoms with E-state index in [1.807, 2.05) is 6.92 Å². The molecule has 0 unspecified atom stereocenters. The van der Waals surface area contributed by atoms with E-state index in [1.54, 1.807) is 11.3 Å². The lowest BCUT2D eigenvalue weighted by atomic mass is 9.63. The van der Waals surface area contributed by atoms with Crippen LogP contribution in [0.15, 0.2) is 16.8 Å². The Labute approximate surface area is 267 Å². The van der Waals surface area contributed by atoms with Crippen molar-refractivity contribution in [2.75, 3.05) is 37.3 Å². The summed E-state index contributed by atoms with van der Waals surface area (Å²) in [5.41, 5.74) is 9.53. The number of anilines is 2. The molecule has 11 heteroatoms. The molecular formula is C34H42N8O2S. The topological polar surface area (TPSA) is 133 Å². The first-order valence-electron chi connectivity index (χ1n) is 16.6. The molecule has 6 heterocycles. The van der Waals surface area contributed by atoms with Crippen LogP contribution in [0.1, 0.15) is 98.6 Å². The zero-order valence-electron chi connectivity index (χ0n) is 26.5. The first-order valence-corrected chi connectivity index (χ1v) is 17.4. The summed E-state index contributed by atoms with van der Waals surface area (Å²) in [6.45, 7) is 6.67. The van der Waals surface area contributed by atoms with E-state index < -0.39 is 11.0 Å². The summed E-state index contributed by atoms with van der Waals surface area (Å²) >= 11 is 1.56. The van der Waals surface area contributed by atoms with Crippen LogP contribution in [-0.2, 0) is 18.3 Å². The Morgan fingerprint density at radius 2 is 1.98 bits per heavy atom. The van der Waals surface area contributed by atoms with Crippen LogP contribution in [0.25, 0.3) is 22.6 Å². The number of aryl methyl sites for hydroxylation is 1. The van der Waals surface area contributed by atoms with Crippen molar-refractivity contribution in [2.45, 2.75) is 101 Å².